The molecule has 1 atom stereocenters. The largest absolute Gasteiger partial charge is 0.493 e. The maximum atomic E-state index is 9.25. The number of aliphatic hydroxyl groups excluding tert-OH is 1. The molecule has 4 heteroatoms. The molecule has 0 fully saturated rings. The number of pyridine rings is 1. The van der Waals surface area contributed by atoms with E-state index in [1.165, 1.54) is 6.20 Å². The van der Waals surface area contributed by atoms with Gasteiger partial charge in [-0.25, -0.2) is 0 Å². The standard InChI is InChI=1S/C9H13NO3/c1-6(11)7-4-8(12-2)9(13-3)5-10-7/h4-6,11H,1-3H3. The Kier molecular flexibility index (Phi) is 3.08. The summed E-state index contributed by atoms with van der Waals surface area (Å²) < 4.78 is 10.1. The van der Waals surface area contributed by atoms with Crippen molar-refractivity contribution in [2.24, 2.45) is 0 Å². The van der Waals surface area contributed by atoms with Gasteiger partial charge in [-0.15, -0.1) is 0 Å². The first kappa shape index (κ1) is 9.80. The molecule has 0 spiro atoms. The molecule has 0 saturated carbocycles. The van der Waals surface area contributed by atoms with Crippen molar-refractivity contribution in [3.8, 4) is 11.5 Å². The lowest BCUT2D eigenvalue weighted by atomic mass is 10.2. The minimum atomic E-state index is -0.597. The molecule has 1 unspecified atom stereocenters. The first-order chi connectivity index (χ1) is 6.19. The normalized spacial score (nSPS) is 12.3. The summed E-state index contributed by atoms with van der Waals surface area (Å²) in [6.45, 7) is 1.65. The van der Waals surface area contributed by atoms with Crippen molar-refractivity contribution in [1.29, 1.82) is 0 Å². The number of hydrogen-bond donors (Lipinski definition) is 1. The molecule has 0 radical (unpaired) electrons. The maximum absolute atomic E-state index is 9.25. The van der Waals surface area contributed by atoms with Crippen molar-refractivity contribution >= 4 is 0 Å². The number of hydrogen-bond acceptors (Lipinski definition) is 4. The van der Waals surface area contributed by atoms with Crippen LogP contribution in [0.15, 0.2) is 12.3 Å². The Morgan fingerprint density at radius 1 is 1.31 bits per heavy atom. The quantitative estimate of drug-likeness (QED) is 0.763. The Morgan fingerprint density at radius 2 is 1.92 bits per heavy atom. The van der Waals surface area contributed by atoms with E-state index < -0.39 is 6.10 Å². The maximum Gasteiger partial charge on any atom is 0.179 e. The van der Waals surface area contributed by atoms with Crippen LogP contribution in [0.3, 0.4) is 0 Å². The Bertz CT molecular complexity index is 286. The molecule has 4 nitrogen and oxygen atoms in total. The van der Waals surface area contributed by atoms with Crippen LogP contribution in [0, 0.1) is 0 Å². The van der Waals surface area contributed by atoms with E-state index in [1.54, 1.807) is 27.2 Å². The number of aliphatic hydroxyl groups is 1. The van der Waals surface area contributed by atoms with Crippen molar-refractivity contribution < 1.29 is 14.6 Å². The first-order valence-corrected chi connectivity index (χ1v) is 3.95. The monoisotopic (exact) mass is 183 g/mol. The van der Waals surface area contributed by atoms with Crippen LogP contribution >= 0.6 is 0 Å². The Hall–Kier alpha value is -1.29. The van der Waals surface area contributed by atoms with Crippen molar-refractivity contribution in [2.45, 2.75) is 13.0 Å². The average molecular weight is 183 g/mol. The highest BCUT2D eigenvalue weighted by Crippen LogP contribution is 2.27. The minimum absolute atomic E-state index is 0.562. The fourth-order valence-electron chi connectivity index (χ4n) is 0.981. The highest BCUT2D eigenvalue weighted by Gasteiger charge is 2.08. The van der Waals surface area contributed by atoms with Gasteiger partial charge in [-0.1, -0.05) is 0 Å². The zero-order valence-corrected chi connectivity index (χ0v) is 7.94. The van der Waals surface area contributed by atoms with Crippen LogP contribution in [0.2, 0.25) is 0 Å². The molecule has 1 aromatic rings. The fraction of sp³-hybridized carbons (Fsp3) is 0.444. The average Bonchev–Trinajstić information content (AvgIpc) is 2.16. The van der Waals surface area contributed by atoms with E-state index in [0.29, 0.717) is 17.2 Å². The smallest absolute Gasteiger partial charge is 0.179 e. The number of nitrogens with zero attached hydrogens (tertiary/aromatic N) is 1. The van der Waals surface area contributed by atoms with E-state index >= 15 is 0 Å². The lowest BCUT2D eigenvalue weighted by Gasteiger charge is -2.09. The van der Waals surface area contributed by atoms with Crippen molar-refractivity contribution in [2.75, 3.05) is 14.2 Å². The first-order valence-electron chi connectivity index (χ1n) is 3.95. The molecular formula is C9H13NO3. The summed E-state index contributed by atoms with van der Waals surface area (Å²) in [5.74, 6) is 1.14. The zero-order valence-electron chi connectivity index (χ0n) is 7.94. The summed E-state index contributed by atoms with van der Waals surface area (Å²) in [6.07, 6.45) is 0.931. The van der Waals surface area contributed by atoms with Gasteiger partial charge in [0.25, 0.3) is 0 Å². The van der Waals surface area contributed by atoms with E-state index in [4.69, 9.17) is 9.47 Å². The minimum Gasteiger partial charge on any atom is -0.493 e. The molecular weight excluding hydrogens is 170 g/mol. The second-order valence-corrected chi connectivity index (χ2v) is 2.64. The van der Waals surface area contributed by atoms with Gasteiger partial charge < -0.3 is 14.6 Å². The Labute approximate surface area is 77.1 Å². The number of methoxy groups -OCH3 is 2. The zero-order chi connectivity index (χ0) is 9.84. The molecule has 0 bridgehead atoms. The van der Waals surface area contributed by atoms with Gasteiger partial charge in [0.1, 0.15) is 0 Å². The lowest BCUT2D eigenvalue weighted by Crippen LogP contribution is -1.98. The molecule has 72 valence electrons. The van der Waals surface area contributed by atoms with Crippen LogP contribution in [-0.4, -0.2) is 24.3 Å². The van der Waals surface area contributed by atoms with Crippen LogP contribution in [0.4, 0.5) is 0 Å². The molecule has 1 aromatic heterocycles. The molecule has 0 aliphatic rings. The Morgan fingerprint density at radius 3 is 2.38 bits per heavy atom. The summed E-state index contributed by atoms with van der Waals surface area (Å²) >= 11 is 0. The fourth-order valence-corrected chi connectivity index (χ4v) is 0.981. The molecule has 1 rings (SSSR count). The molecule has 0 amide bonds. The van der Waals surface area contributed by atoms with Gasteiger partial charge in [-0.2, -0.15) is 0 Å². The second-order valence-electron chi connectivity index (χ2n) is 2.64. The number of rotatable bonds is 3. The SMILES string of the molecule is COc1cnc(C(C)O)cc1OC. The molecule has 13 heavy (non-hydrogen) atoms. The summed E-state index contributed by atoms with van der Waals surface area (Å²) in [5, 5.41) is 9.25. The third kappa shape index (κ3) is 2.09. The van der Waals surface area contributed by atoms with Gasteiger partial charge in [0.2, 0.25) is 0 Å². The van der Waals surface area contributed by atoms with E-state index in [9.17, 15) is 5.11 Å². The van der Waals surface area contributed by atoms with Crippen molar-refractivity contribution in [1.82, 2.24) is 4.98 Å². The predicted octanol–water partition coefficient (Wildman–Crippen LogP) is 1.15. The number of ether oxygens (including phenoxy) is 2. The van der Waals surface area contributed by atoms with Crippen molar-refractivity contribution in [3.63, 3.8) is 0 Å². The van der Waals surface area contributed by atoms with Crippen LogP contribution in [0.25, 0.3) is 0 Å². The van der Waals surface area contributed by atoms with Crippen LogP contribution in [-0.2, 0) is 0 Å². The lowest BCUT2D eigenvalue weighted by molar-refractivity contribution is 0.193. The summed E-state index contributed by atoms with van der Waals surface area (Å²) in [5.41, 5.74) is 0.567. The third-order valence-electron chi connectivity index (χ3n) is 1.72. The van der Waals surface area contributed by atoms with Crippen LogP contribution < -0.4 is 9.47 Å². The van der Waals surface area contributed by atoms with Gasteiger partial charge in [0.15, 0.2) is 11.5 Å². The summed E-state index contributed by atoms with van der Waals surface area (Å²) in [7, 11) is 3.09. The third-order valence-corrected chi connectivity index (χ3v) is 1.72. The molecule has 0 aliphatic heterocycles. The molecule has 0 aromatic carbocycles. The number of aromatic nitrogens is 1. The van der Waals surface area contributed by atoms with E-state index in [-0.39, 0.29) is 0 Å². The second kappa shape index (κ2) is 4.09. The Balaban J connectivity index is 3.05. The molecule has 0 aliphatic carbocycles. The van der Waals surface area contributed by atoms with Gasteiger partial charge >= 0.3 is 0 Å². The van der Waals surface area contributed by atoms with Crippen LogP contribution in [0.1, 0.15) is 18.7 Å². The van der Waals surface area contributed by atoms with Gasteiger partial charge in [-0.05, 0) is 6.92 Å². The molecule has 1 heterocycles. The van der Waals surface area contributed by atoms with E-state index in [2.05, 4.69) is 4.98 Å². The molecule has 0 saturated heterocycles. The highest BCUT2D eigenvalue weighted by molar-refractivity contribution is 5.39. The van der Waals surface area contributed by atoms with Gasteiger partial charge in [-0.3, -0.25) is 4.98 Å². The highest BCUT2D eigenvalue weighted by atomic mass is 16.5. The topological polar surface area (TPSA) is 51.6 Å². The van der Waals surface area contributed by atoms with E-state index in [0.717, 1.165) is 0 Å². The van der Waals surface area contributed by atoms with E-state index in [1.807, 2.05) is 0 Å². The van der Waals surface area contributed by atoms with Gasteiger partial charge in [0, 0.05) is 6.07 Å². The summed E-state index contributed by atoms with van der Waals surface area (Å²) in [4.78, 5) is 4.00. The van der Waals surface area contributed by atoms with Gasteiger partial charge in [0.05, 0.1) is 32.2 Å². The summed E-state index contributed by atoms with van der Waals surface area (Å²) in [6, 6.07) is 1.66. The van der Waals surface area contributed by atoms with Crippen LogP contribution in [0.5, 0.6) is 11.5 Å². The van der Waals surface area contributed by atoms with Crippen molar-refractivity contribution in [3.05, 3.63) is 18.0 Å². The predicted molar refractivity (Wildman–Crippen MR) is 48.0 cm³/mol. The molecule has 1 N–H and O–H groups in total.